The highest BCUT2D eigenvalue weighted by Crippen LogP contribution is 2.32. The van der Waals surface area contributed by atoms with Crippen LogP contribution in [0, 0.1) is 6.92 Å². The summed E-state index contributed by atoms with van der Waals surface area (Å²) in [6.45, 7) is 1.56. The van der Waals surface area contributed by atoms with Crippen molar-refractivity contribution in [1.29, 1.82) is 0 Å². The van der Waals surface area contributed by atoms with Crippen molar-refractivity contribution in [2.45, 2.75) is 11.8 Å². The lowest BCUT2D eigenvalue weighted by atomic mass is 10.2. The number of aryl methyl sites for hydroxylation is 1. The number of hydrogen-bond donors (Lipinski definition) is 3. The number of hydrogen-bond acceptors (Lipinski definition) is 4. The zero-order chi connectivity index (χ0) is 11.6. The number of aromatic hydroxyl groups is 1. The third-order valence-electron chi connectivity index (χ3n) is 1.71. The standard InChI is InChI=1S/C8H9NO5S/c1-5-2-6(9-4-10)8(11)7(3-5)15(12,13)14/h2-4,11H,1H3,(H,9,10)(H,12,13,14). The molecule has 0 bridgehead atoms. The molecule has 0 fully saturated rings. The van der Waals surface area contributed by atoms with E-state index in [-0.39, 0.29) is 5.69 Å². The molecule has 82 valence electrons. The molecule has 0 saturated carbocycles. The van der Waals surface area contributed by atoms with E-state index in [1.165, 1.54) is 6.07 Å². The molecule has 0 atom stereocenters. The average molecular weight is 231 g/mol. The lowest BCUT2D eigenvalue weighted by Gasteiger charge is -2.08. The topological polar surface area (TPSA) is 104 Å². The van der Waals surface area contributed by atoms with Gasteiger partial charge in [-0.1, -0.05) is 0 Å². The number of carbonyl (C=O) groups is 1. The molecule has 0 radical (unpaired) electrons. The highest BCUT2D eigenvalue weighted by atomic mass is 32.2. The van der Waals surface area contributed by atoms with E-state index >= 15 is 0 Å². The Morgan fingerprint density at radius 1 is 1.40 bits per heavy atom. The van der Waals surface area contributed by atoms with Crippen LogP contribution in [0.2, 0.25) is 0 Å². The fourth-order valence-electron chi connectivity index (χ4n) is 1.12. The van der Waals surface area contributed by atoms with Gasteiger partial charge in [0.25, 0.3) is 10.1 Å². The van der Waals surface area contributed by atoms with E-state index in [0.29, 0.717) is 12.0 Å². The Hall–Kier alpha value is -1.60. The summed E-state index contributed by atoms with van der Waals surface area (Å²) in [5.41, 5.74) is 0.405. The van der Waals surface area contributed by atoms with Crippen molar-refractivity contribution >= 4 is 22.2 Å². The average Bonchev–Trinajstić information content (AvgIpc) is 2.09. The molecule has 1 amide bonds. The van der Waals surface area contributed by atoms with Crippen LogP contribution in [-0.2, 0) is 14.9 Å². The molecule has 1 rings (SSSR count). The van der Waals surface area contributed by atoms with Crippen molar-refractivity contribution in [3.63, 3.8) is 0 Å². The molecule has 0 aromatic heterocycles. The second-order valence-electron chi connectivity index (χ2n) is 2.90. The Morgan fingerprint density at radius 3 is 2.47 bits per heavy atom. The van der Waals surface area contributed by atoms with Gasteiger partial charge in [-0.25, -0.2) is 0 Å². The number of phenols is 1. The number of carbonyl (C=O) groups excluding carboxylic acids is 1. The van der Waals surface area contributed by atoms with Gasteiger partial charge in [-0.05, 0) is 24.6 Å². The molecule has 0 spiro atoms. The fourth-order valence-corrected chi connectivity index (χ4v) is 1.80. The van der Waals surface area contributed by atoms with Crippen LogP contribution >= 0.6 is 0 Å². The maximum atomic E-state index is 10.8. The maximum absolute atomic E-state index is 10.8. The van der Waals surface area contributed by atoms with Crippen molar-refractivity contribution in [2.24, 2.45) is 0 Å². The minimum atomic E-state index is -4.50. The van der Waals surface area contributed by atoms with Gasteiger partial charge in [-0.15, -0.1) is 0 Å². The van der Waals surface area contributed by atoms with Gasteiger partial charge in [0.1, 0.15) is 4.90 Å². The van der Waals surface area contributed by atoms with Gasteiger partial charge in [0.05, 0.1) is 5.69 Å². The van der Waals surface area contributed by atoms with E-state index in [1.54, 1.807) is 6.92 Å². The summed E-state index contributed by atoms with van der Waals surface area (Å²) in [4.78, 5) is 9.53. The SMILES string of the molecule is Cc1cc(NC=O)c(O)c(S(=O)(=O)O)c1. The van der Waals surface area contributed by atoms with Crippen molar-refractivity contribution in [1.82, 2.24) is 0 Å². The van der Waals surface area contributed by atoms with Gasteiger partial charge in [0.15, 0.2) is 5.75 Å². The summed E-state index contributed by atoms with van der Waals surface area (Å²) in [5.74, 6) is -0.685. The third kappa shape index (κ3) is 2.45. The van der Waals surface area contributed by atoms with Crippen molar-refractivity contribution in [2.75, 3.05) is 5.32 Å². The molecular formula is C8H9NO5S. The second-order valence-corrected chi connectivity index (χ2v) is 4.29. The molecule has 1 aromatic rings. The molecule has 0 heterocycles. The number of anilines is 1. The first-order chi connectivity index (χ1) is 6.86. The van der Waals surface area contributed by atoms with Crippen LogP contribution in [0.5, 0.6) is 5.75 Å². The molecule has 0 aliphatic rings. The zero-order valence-electron chi connectivity index (χ0n) is 7.76. The predicted octanol–water partition coefficient (Wildman–Crippen LogP) is 0.516. The lowest BCUT2D eigenvalue weighted by molar-refractivity contribution is -0.105. The number of amides is 1. The first-order valence-corrected chi connectivity index (χ1v) is 5.31. The molecule has 0 unspecified atom stereocenters. The summed E-state index contributed by atoms with van der Waals surface area (Å²) in [5, 5.41) is 11.5. The highest BCUT2D eigenvalue weighted by Gasteiger charge is 2.18. The quantitative estimate of drug-likeness (QED) is 0.399. The summed E-state index contributed by atoms with van der Waals surface area (Å²) < 4.78 is 30.5. The molecule has 15 heavy (non-hydrogen) atoms. The normalized spacial score (nSPS) is 11.1. The largest absolute Gasteiger partial charge is 0.504 e. The molecule has 7 heteroatoms. The summed E-state index contributed by atoms with van der Waals surface area (Å²) in [6.07, 6.45) is 0.294. The van der Waals surface area contributed by atoms with Gasteiger partial charge in [0.2, 0.25) is 6.41 Å². The van der Waals surface area contributed by atoms with Gasteiger partial charge in [-0.2, -0.15) is 8.42 Å². The van der Waals surface area contributed by atoms with Crippen LogP contribution in [0.1, 0.15) is 5.56 Å². The molecule has 1 aromatic carbocycles. The van der Waals surface area contributed by atoms with Gasteiger partial charge in [0, 0.05) is 0 Å². The van der Waals surface area contributed by atoms with Crippen LogP contribution in [0.3, 0.4) is 0 Å². The monoisotopic (exact) mass is 231 g/mol. The number of nitrogens with one attached hydrogen (secondary N) is 1. The minimum absolute atomic E-state index is 0.0716. The third-order valence-corrected chi connectivity index (χ3v) is 2.58. The number of rotatable bonds is 3. The summed E-state index contributed by atoms with van der Waals surface area (Å²) >= 11 is 0. The van der Waals surface area contributed by atoms with Gasteiger partial charge in [-0.3, -0.25) is 9.35 Å². The Labute approximate surface area is 86.3 Å². The maximum Gasteiger partial charge on any atom is 0.298 e. The van der Waals surface area contributed by atoms with Gasteiger partial charge >= 0.3 is 0 Å². The van der Waals surface area contributed by atoms with E-state index in [2.05, 4.69) is 5.32 Å². The van der Waals surface area contributed by atoms with Gasteiger partial charge < -0.3 is 10.4 Å². The van der Waals surface area contributed by atoms with E-state index < -0.39 is 20.8 Å². The van der Waals surface area contributed by atoms with E-state index in [4.69, 9.17) is 4.55 Å². The minimum Gasteiger partial charge on any atom is -0.504 e. The molecule has 0 aliphatic heterocycles. The predicted molar refractivity (Wildman–Crippen MR) is 52.3 cm³/mol. The Bertz CT molecular complexity index is 494. The van der Waals surface area contributed by atoms with E-state index in [0.717, 1.165) is 6.07 Å². The molecule has 6 nitrogen and oxygen atoms in total. The van der Waals surface area contributed by atoms with Crippen molar-refractivity contribution in [3.8, 4) is 5.75 Å². The highest BCUT2D eigenvalue weighted by molar-refractivity contribution is 7.86. The Kier molecular flexibility index (Phi) is 2.96. The smallest absolute Gasteiger partial charge is 0.298 e. The van der Waals surface area contributed by atoms with Crippen LogP contribution in [-0.4, -0.2) is 24.5 Å². The molecule has 0 saturated heterocycles. The Balaban J connectivity index is 3.48. The zero-order valence-corrected chi connectivity index (χ0v) is 8.58. The molecular weight excluding hydrogens is 222 g/mol. The first-order valence-electron chi connectivity index (χ1n) is 3.87. The van der Waals surface area contributed by atoms with Crippen molar-refractivity contribution < 1.29 is 22.9 Å². The van der Waals surface area contributed by atoms with E-state index in [1.807, 2.05) is 0 Å². The van der Waals surface area contributed by atoms with Crippen LogP contribution in [0.15, 0.2) is 17.0 Å². The van der Waals surface area contributed by atoms with Crippen LogP contribution < -0.4 is 5.32 Å². The van der Waals surface area contributed by atoms with Crippen LogP contribution in [0.4, 0.5) is 5.69 Å². The Morgan fingerprint density at radius 2 is 2.00 bits per heavy atom. The summed E-state index contributed by atoms with van der Waals surface area (Å²) in [7, 11) is -4.50. The lowest BCUT2D eigenvalue weighted by Crippen LogP contribution is -2.02. The second kappa shape index (κ2) is 3.87. The molecule has 3 N–H and O–H groups in total. The number of benzene rings is 1. The fraction of sp³-hybridized carbons (Fsp3) is 0.125. The number of phenolic OH excluding ortho intramolecular Hbond substituents is 1. The first kappa shape index (κ1) is 11.5. The van der Waals surface area contributed by atoms with Crippen molar-refractivity contribution in [3.05, 3.63) is 17.7 Å². The van der Waals surface area contributed by atoms with E-state index in [9.17, 15) is 18.3 Å². The molecule has 0 aliphatic carbocycles. The van der Waals surface area contributed by atoms with Crippen LogP contribution in [0.25, 0.3) is 0 Å². The summed E-state index contributed by atoms with van der Waals surface area (Å²) in [6, 6.07) is 2.47.